The Hall–Kier alpha value is -0.200. The predicted octanol–water partition coefficient (Wildman–Crippen LogP) is 0.787. The maximum atomic E-state index is 9.64. The van der Waals surface area contributed by atoms with E-state index in [-0.39, 0.29) is 12.7 Å². The lowest BCUT2D eigenvalue weighted by Gasteiger charge is -2.13. The van der Waals surface area contributed by atoms with Gasteiger partial charge in [-0.2, -0.15) is 0 Å². The highest BCUT2D eigenvalue weighted by Gasteiger charge is 2.04. The Bertz CT molecular complexity index is 190. The number of nitrogens with one attached hydrogen (secondary N) is 1. The molecular weight excluding hydrogens is 246 g/mol. The second-order valence-corrected chi connectivity index (χ2v) is 5.28. The van der Waals surface area contributed by atoms with Gasteiger partial charge in [0.15, 0.2) is 0 Å². The largest absolute Gasteiger partial charge is 0.396 e. The molecule has 0 aromatic rings. The van der Waals surface area contributed by atoms with Crippen LogP contribution >= 0.6 is 0 Å². The molecule has 0 aromatic heterocycles. The Morgan fingerprint density at radius 1 is 1.16 bits per heavy atom. The van der Waals surface area contributed by atoms with Crippen LogP contribution in [0.25, 0.3) is 0 Å². The van der Waals surface area contributed by atoms with E-state index in [9.17, 15) is 5.11 Å². The van der Waals surface area contributed by atoms with Gasteiger partial charge in [0.25, 0.3) is 0 Å². The molecule has 0 saturated carbocycles. The van der Waals surface area contributed by atoms with Gasteiger partial charge in [-0.3, -0.25) is 0 Å². The predicted molar refractivity (Wildman–Crippen MR) is 76.3 cm³/mol. The summed E-state index contributed by atoms with van der Waals surface area (Å²) >= 11 is 0. The molecule has 5 nitrogen and oxygen atoms in total. The SMILES string of the molecule is CC(CO)CCCNCC(O)COCCOC(C)C. The Morgan fingerprint density at radius 2 is 1.89 bits per heavy atom. The molecule has 19 heavy (non-hydrogen) atoms. The van der Waals surface area contributed by atoms with Crippen LogP contribution < -0.4 is 5.32 Å². The van der Waals surface area contributed by atoms with Crippen molar-refractivity contribution in [1.82, 2.24) is 5.32 Å². The molecule has 0 aromatic carbocycles. The molecule has 0 bridgehead atoms. The van der Waals surface area contributed by atoms with Gasteiger partial charge in [0.1, 0.15) is 0 Å². The lowest BCUT2D eigenvalue weighted by molar-refractivity contribution is -0.00993. The zero-order valence-corrected chi connectivity index (χ0v) is 12.6. The minimum Gasteiger partial charge on any atom is -0.396 e. The molecule has 2 unspecified atom stereocenters. The molecule has 0 fully saturated rings. The van der Waals surface area contributed by atoms with Crippen molar-refractivity contribution in [3.05, 3.63) is 0 Å². The molecule has 0 spiro atoms. The molecule has 2 atom stereocenters. The Balaban J connectivity index is 3.23. The molecule has 0 aliphatic carbocycles. The average molecular weight is 277 g/mol. The fraction of sp³-hybridized carbons (Fsp3) is 1.00. The van der Waals surface area contributed by atoms with Crippen molar-refractivity contribution in [3.63, 3.8) is 0 Å². The van der Waals surface area contributed by atoms with E-state index in [0.717, 1.165) is 19.4 Å². The van der Waals surface area contributed by atoms with Crippen molar-refractivity contribution in [2.24, 2.45) is 5.92 Å². The van der Waals surface area contributed by atoms with Crippen LogP contribution in [-0.4, -0.2) is 61.9 Å². The molecule has 0 radical (unpaired) electrons. The van der Waals surface area contributed by atoms with E-state index in [2.05, 4.69) is 5.32 Å². The van der Waals surface area contributed by atoms with E-state index in [1.54, 1.807) is 0 Å². The molecule has 5 heteroatoms. The van der Waals surface area contributed by atoms with Crippen LogP contribution in [0.2, 0.25) is 0 Å². The molecule has 0 amide bonds. The number of hydrogen-bond donors (Lipinski definition) is 3. The first-order chi connectivity index (χ1) is 9.06. The minimum absolute atomic E-state index is 0.219. The quantitative estimate of drug-likeness (QED) is 0.434. The van der Waals surface area contributed by atoms with Gasteiger partial charge >= 0.3 is 0 Å². The van der Waals surface area contributed by atoms with Crippen LogP contribution in [0.5, 0.6) is 0 Å². The standard InChI is InChI=1S/C14H31NO4/c1-12(2)19-8-7-18-11-14(17)9-15-6-4-5-13(3)10-16/h12-17H,4-11H2,1-3H3. The third kappa shape index (κ3) is 14.0. The summed E-state index contributed by atoms with van der Waals surface area (Å²) in [5, 5.41) is 21.7. The van der Waals surface area contributed by atoms with Crippen LogP contribution in [0.4, 0.5) is 0 Å². The fourth-order valence-corrected chi connectivity index (χ4v) is 1.56. The van der Waals surface area contributed by atoms with Gasteiger partial charge in [0.05, 0.1) is 32.0 Å². The normalized spacial score (nSPS) is 14.8. The number of rotatable bonds is 13. The van der Waals surface area contributed by atoms with Gasteiger partial charge in [-0.15, -0.1) is 0 Å². The molecule has 3 N–H and O–H groups in total. The van der Waals surface area contributed by atoms with E-state index in [1.807, 2.05) is 20.8 Å². The van der Waals surface area contributed by atoms with E-state index in [1.165, 1.54) is 0 Å². The van der Waals surface area contributed by atoms with Crippen LogP contribution in [-0.2, 0) is 9.47 Å². The zero-order chi connectivity index (χ0) is 14.5. The average Bonchev–Trinajstić information content (AvgIpc) is 2.37. The molecular formula is C14H31NO4. The topological polar surface area (TPSA) is 71.0 Å². The summed E-state index contributed by atoms with van der Waals surface area (Å²) in [5.41, 5.74) is 0. The van der Waals surface area contributed by atoms with Crippen molar-refractivity contribution in [2.75, 3.05) is 39.5 Å². The van der Waals surface area contributed by atoms with Crippen molar-refractivity contribution in [1.29, 1.82) is 0 Å². The second-order valence-electron chi connectivity index (χ2n) is 5.28. The highest BCUT2D eigenvalue weighted by molar-refractivity contribution is 4.59. The molecule has 0 saturated heterocycles. The molecule has 0 aliphatic rings. The lowest BCUT2D eigenvalue weighted by Crippen LogP contribution is -2.31. The first kappa shape index (κ1) is 18.8. The number of aliphatic hydroxyl groups excluding tert-OH is 2. The van der Waals surface area contributed by atoms with Gasteiger partial charge in [-0.1, -0.05) is 6.92 Å². The van der Waals surface area contributed by atoms with Crippen LogP contribution in [0.3, 0.4) is 0 Å². The van der Waals surface area contributed by atoms with Crippen molar-refractivity contribution in [3.8, 4) is 0 Å². The highest BCUT2D eigenvalue weighted by atomic mass is 16.5. The van der Waals surface area contributed by atoms with Gasteiger partial charge in [0, 0.05) is 13.2 Å². The van der Waals surface area contributed by atoms with Crippen molar-refractivity contribution >= 4 is 0 Å². The van der Waals surface area contributed by atoms with E-state index in [4.69, 9.17) is 14.6 Å². The first-order valence-electron chi connectivity index (χ1n) is 7.25. The van der Waals surface area contributed by atoms with Crippen LogP contribution in [0.15, 0.2) is 0 Å². The number of aliphatic hydroxyl groups is 2. The van der Waals surface area contributed by atoms with E-state index in [0.29, 0.717) is 32.3 Å². The molecule has 0 rings (SSSR count). The lowest BCUT2D eigenvalue weighted by atomic mass is 10.1. The number of ether oxygens (including phenoxy) is 2. The second kappa shape index (κ2) is 12.8. The molecule has 116 valence electrons. The Kier molecular flexibility index (Phi) is 12.7. The Labute approximate surface area is 117 Å². The number of hydrogen-bond acceptors (Lipinski definition) is 5. The highest BCUT2D eigenvalue weighted by Crippen LogP contribution is 2.02. The molecule has 0 aliphatic heterocycles. The third-order valence-electron chi connectivity index (χ3n) is 2.73. The summed E-state index contributed by atoms with van der Waals surface area (Å²) in [7, 11) is 0. The maximum Gasteiger partial charge on any atom is 0.0897 e. The van der Waals surface area contributed by atoms with Crippen LogP contribution in [0, 0.1) is 5.92 Å². The summed E-state index contributed by atoms with van der Waals surface area (Å²) in [6, 6.07) is 0. The van der Waals surface area contributed by atoms with E-state index >= 15 is 0 Å². The van der Waals surface area contributed by atoms with Gasteiger partial charge in [-0.25, -0.2) is 0 Å². The maximum absolute atomic E-state index is 9.64. The molecule has 0 heterocycles. The van der Waals surface area contributed by atoms with E-state index < -0.39 is 6.10 Å². The van der Waals surface area contributed by atoms with Gasteiger partial charge < -0.3 is 25.0 Å². The summed E-state index contributed by atoms with van der Waals surface area (Å²) in [4.78, 5) is 0. The summed E-state index contributed by atoms with van der Waals surface area (Å²) < 4.78 is 10.6. The summed E-state index contributed by atoms with van der Waals surface area (Å²) in [6.07, 6.45) is 1.76. The smallest absolute Gasteiger partial charge is 0.0897 e. The third-order valence-corrected chi connectivity index (χ3v) is 2.73. The van der Waals surface area contributed by atoms with Gasteiger partial charge in [0.2, 0.25) is 0 Å². The monoisotopic (exact) mass is 277 g/mol. The fourth-order valence-electron chi connectivity index (χ4n) is 1.56. The van der Waals surface area contributed by atoms with Gasteiger partial charge in [-0.05, 0) is 39.2 Å². The minimum atomic E-state index is -0.477. The summed E-state index contributed by atoms with van der Waals surface area (Å²) in [6.45, 7) is 9.06. The summed E-state index contributed by atoms with van der Waals surface area (Å²) in [5.74, 6) is 0.357. The van der Waals surface area contributed by atoms with Crippen molar-refractivity contribution in [2.45, 2.75) is 45.8 Å². The van der Waals surface area contributed by atoms with Crippen molar-refractivity contribution < 1.29 is 19.7 Å². The first-order valence-corrected chi connectivity index (χ1v) is 7.25. The zero-order valence-electron chi connectivity index (χ0n) is 12.6. The van der Waals surface area contributed by atoms with Crippen LogP contribution in [0.1, 0.15) is 33.6 Å². The Morgan fingerprint density at radius 3 is 2.53 bits per heavy atom.